The first kappa shape index (κ1) is 21.8. The van der Waals surface area contributed by atoms with Crippen molar-refractivity contribution >= 4 is 38.7 Å². The zero-order chi connectivity index (χ0) is 23.3. The number of benzene rings is 2. The number of aryl methyl sites for hydroxylation is 1. The highest BCUT2D eigenvalue weighted by Crippen LogP contribution is 2.43. The van der Waals surface area contributed by atoms with E-state index in [4.69, 9.17) is 16.3 Å². The van der Waals surface area contributed by atoms with Gasteiger partial charge in [-0.05, 0) is 37.6 Å². The Hall–Kier alpha value is -3.04. The van der Waals surface area contributed by atoms with Crippen LogP contribution < -0.4 is 15.0 Å². The summed E-state index contributed by atoms with van der Waals surface area (Å²) in [5.41, 5.74) is 3.04. The molecule has 1 saturated heterocycles. The lowest BCUT2D eigenvalue weighted by Crippen LogP contribution is -2.43. The molecule has 10 heteroatoms. The summed E-state index contributed by atoms with van der Waals surface area (Å²) < 4.78 is 31.2. The highest BCUT2D eigenvalue weighted by Gasteiger charge is 2.40. The number of anilines is 2. The Kier molecular flexibility index (Phi) is 5.33. The first-order valence-corrected chi connectivity index (χ1v) is 12.8. The van der Waals surface area contributed by atoms with Gasteiger partial charge in [0.2, 0.25) is 0 Å². The smallest absolute Gasteiger partial charge is 0.262 e. The number of aromatic nitrogens is 2. The average Bonchev–Trinajstić information content (AvgIpc) is 3.31. The largest absolute Gasteiger partial charge is 0.495 e. The normalized spacial score (nSPS) is 21.5. The van der Waals surface area contributed by atoms with Crippen LogP contribution >= 0.6 is 11.6 Å². The number of amides is 1. The lowest BCUT2D eigenvalue weighted by molar-refractivity contribution is 0.0974. The maximum atomic E-state index is 13.7. The lowest BCUT2D eigenvalue weighted by Gasteiger charge is -2.38. The highest BCUT2D eigenvalue weighted by atomic mass is 35.5. The van der Waals surface area contributed by atoms with Crippen molar-refractivity contribution in [2.75, 3.05) is 28.8 Å². The Morgan fingerprint density at radius 1 is 1.15 bits per heavy atom. The summed E-state index contributed by atoms with van der Waals surface area (Å²) in [7, 11) is -1.56. The van der Waals surface area contributed by atoms with Crippen LogP contribution in [0.4, 0.5) is 11.4 Å². The fourth-order valence-corrected chi connectivity index (χ4v) is 6.69. The molecule has 2 aromatic carbocycles. The van der Waals surface area contributed by atoms with E-state index in [1.807, 2.05) is 43.3 Å². The number of ether oxygens (including phenoxy) is 1. The minimum atomic E-state index is -3.12. The van der Waals surface area contributed by atoms with E-state index in [9.17, 15) is 13.2 Å². The second-order valence-electron chi connectivity index (χ2n) is 8.23. The van der Waals surface area contributed by atoms with Crippen molar-refractivity contribution in [1.29, 1.82) is 0 Å². The standard InChI is InChI=1S/C23H23ClN4O4S/c1-14-20(21(24)28(26-14)15-11-12-33(30,31)13-15)22-25-17-8-4-3-7-16(17)23(29)27(22)18-9-5-6-10-19(18)32-2/h3-10,15,22,25H,11-13H2,1-2H3/t15-,22-/m0/s1. The molecule has 0 bridgehead atoms. The molecule has 172 valence electrons. The molecular weight excluding hydrogens is 464 g/mol. The van der Waals surface area contributed by atoms with Gasteiger partial charge in [0.1, 0.15) is 17.1 Å². The minimum Gasteiger partial charge on any atom is -0.495 e. The van der Waals surface area contributed by atoms with E-state index in [1.54, 1.807) is 28.8 Å². The van der Waals surface area contributed by atoms with Gasteiger partial charge in [-0.15, -0.1) is 0 Å². The Bertz CT molecular complexity index is 1350. The van der Waals surface area contributed by atoms with Crippen LogP contribution in [0, 0.1) is 6.92 Å². The van der Waals surface area contributed by atoms with E-state index >= 15 is 0 Å². The Morgan fingerprint density at radius 3 is 2.61 bits per heavy atom. The summed E-state index contributed by atoms with van der Waals surface area (Å²) in [4.78, 5) is 15.3. The van der Waals surface area contributed by atoms with Crippen LogP contribution in [0.2, 0.25) is 5.15 Å². The van der Waals surface area contributed by atoms with Gasteiger partial charge in [-0.25, -0.2) is 13.1 Å². The molecule has 5 rings (SSSR count). The molecule has 33 heavy (non-hydrogen) atoms. The van der Waals surface area contributed by atoms with Crippen molar-refractivity contribution in [3.63, 3.8) is 0 Å². The van der Waals surface area contributed by atoms with Crippen LogP contribution in [0.1, 0.15) is 40.2 Å². The van der Waals surface area contributed by atoms with Crippen LogP contribution in [0.25, 0.3) is 0 Å². The van der Waals surface area contributed by atoms with Gasteiger partial charge >= 0.3 is 0 Å². The fraction of sp³-hybridized carbons (Fsp3) is 0.304. The topological polar surface area (TPSA) is 93.5 Å². The van der Waals surface area contributed by atoms with Gasteiger partial charge in [-0.3, -0.25) is 9.69 Å². The van der Waals surface area contributed by atoms with E-state index in [-0.39, 0.29) is 23.5 Å². The second-order valence-corrected chi connectivity index (χ2v) is 10.8. The number of rotatable bonds is 4. The number of methoxy groups -OCH3 is 1. The predicted octanol–water partition coefficient (Wildman–Crippen LogP) is 3.98. The summed E-state index contributed by atoms with van der Waals surface area (Å²) in [6.45, 7) is 1.81. The third-order valence-electron chi connectivity index (χ3n) is 6.17. The number of hydrogen-bond donors (Lipinski definition) is 1. The molecule has 3 aromatic rings. The van der Waals surface area contributed by atoms with Crippen molar-refractivity contribution in [2.45, 2.75) is 25.6 Å². The maximum Gasteiger partial charge on any atom is 0.262 e. The molecule has 0 saturated carbocycles. The molecule has 1 amide bonds. The minimum absolute atomic E-state index is 0.00333. The molecule has 1 aromatic heterocycles. The van der Waals surface area contributed by atoms with Crippen LogP contribution in [0.5, 0.6) is 5.75 Å². The Balaban J connectivity index is 1.66. The molecule has 1 fully saturated rings. The number of para-hydroxylation sites is 3. The van der Waals surface area contributed by atoms with E-state index in [2.05, 4.69) is 10.4 Å². The fourth-order valence-electron chi connectivity index (χ4n) is 4.59. The van der Waals surface area contributed by atoms with Gasteiger partial charge in [-0.2, -0.15) is 5.10 Å². The van der Waals surface area contributed by atoms with E-state index in [0.29, 0.717) is 45.5 Å². The molecule has 8 nitrogen and oxygen atoms in total. The van der Waals surface area contributed by atoms with Gasteiger partial charge in [0.05, 0.1) is 47.2 Å². The summed E-state index contributed by atoms with van der Waals surface area (Å²) in [6, 6.07) is 14.2. The number of sulfone groups is 1. The molecular formula is C23H23ClN4O4S. The third-order valence-corrected chi connectivity index (χ3v) is 8.30. The zero-order valence-electron chi connectivity index (χ0n) is 18.2. The summed E-state index contributed by atoms with van der Waals surface area (Å²) in [5.74, 6) is 0.456. The molecule has 2 aliphatic heterocycles. The molecule has 0 unspecified atom stereocenters. The molecule has 0 aliphatic carbocycles. The average molecular weight is 487 g/mol. The first-order chi connectivity index (χ1) is 15.8. The first-order valence-electron chi connectivity index (χ1n) is 10.6. The number of carbonyl (C=O) groups excluding carboxylic acids is 1. The van der Waals surface area contributed by atoms with Crippen LogP contribution in [-0.4, -0.2) is 42.7 Å². The number of nitrogens with zero attached hydrogens (tertiary/aromatic N) is 3. The number of halogens is 1. The van der Waals surface area contributed by atoms with Gasteiger partial charge in [-0.1, -0.05) is 35.9 Å². The molecule has 2 atom stereocenters. The van der Waals surface area contributed by atoms with Gasteiger partial charge in [0.25, 0.3) is 5.91 Å². The zero-order valence-corrected chi connectivity index (χ0v) is 19.7. The molecule has 0 radical (unpaired) electrons. The van der Waals surface area contributed by atoms with Crippen molar-refractivity contribution in [3.8, 4) is 5.75 Å². The lowest BCUT2D eigenvalue weighted by atomic mass is 10.0. The summed E-state index contributed by atoms with van der Waals surface area (Å²) in [5, 5.41) is 8.35. The Labute approximate surface area is 197 Å². The number of nitrogens with one attached hydrogen (secondary N) is 1. The molecule has 1 N–H and O–H groups in total. The van der Waals surface area contributed by atoms with E-state index < -0.39 is 16.0 Å². The predicted molar refractivity (Wildman–Crippen MR) is 127 cm³/mol. The number of carbonyl (C=O) groups is 1. The van der Waals surface area contributed by atoms with Crippen molar-refractivity contribution in [1.82, 2.24) is 9.78 Å². The highest BCUT2D eigenvalue weighted by molar-refractivity contribution is 7.91. The van der Waals surface area contributed by atoms with Crippen LogP contribution in [-0.2, 0) is 9.84 Å². The van der Waals surface area contributed by atoms with Crippen LogP contribution in [0.15, 0.2) is 48.5 Å². The maximum absolute atomic E-state index is 13.7. The van der Waals surface area contributed by atoms with Crippen molar-refractivity contribution in [2.24, 2.45) is 0 Å². The van der Waals surface area contributed by atoms with Gasteiger partial charge in [0.15, 0.2) is 9.84 Å². The molecule has 3 heterocycles. The van der Waals surface area contributed by atoms with Crippen LogP contribution in [0.3, 0.4) is 0 Å². The SMILES string of the molecule is COc1ccccc1N1C(=O)c2ccccc2N[C@@H]1c1c(C)nn([C@H]2CCS(=O)(=O)C2)c1Cl. The third kappa shape index (κ3) is 3.65. The van der Waals surface area contributed by atoms with E-state index in [0.717, 1.165) is 0 Å². The number of fused-ring (bicyclic) bond motifs is 1. The van der Waals surface area contributed by atoms with Gasteiger partial charge in [0, 0.05) is 5.69 Å². The number of hydrogen-bond acceptors (Lipinski definition) is 6. The molecule has 2 aliphatic rings. The van der Waals surface area contributed by atoms with Crippen molar-refractivity contribution < 1.29 is 17.9 Å². The summed E-state index contributed by atoms with van der Waals surface area (Å²) in [6.07, 6.45) is -0.207. The Morgan fingerprint density at radius 2 is 1.88 bits per heavy atom. The molecule has 0 spiro atoms. The van der Waals surface area contributed by atoms with E-state index in [1.165, 1.54) is 0 Å². The van der Waals surface area contributed by atoms with Gasteiger partial charge < -0.3 is 10.1 Å². The second kappa shape index (κ2) is 8.07. The quantitative estimate of drug-likeness (QED) is 0.599. The monoisotopic (exact) mass is 486 g/mol. The summed E-state index contributed by atoms with van der Waals surface area (Å²) >= 11 is 6.83. The van der Waals surface area contributed by atoms with Crippen molar-refractivity contribution in [3.05, 3.63) is 70.5 Å².